The standard InChI is InChI=1S/C18H41N5O/c1-7-23(8-2)14-9-11-17(3)21-18(19-4)20-12-10-13-22(5)15-16-24-6/h17H,7-16H2,1-6H3,(H2,19,20,21). The smallest absolute Gasteiger partial charge is 0.191 e. The molecule has 0 amide bonds. The normalized spacial score (nSPS) is 13.6. The SMILES string of the molecule is CCN(CC)CCCC(C)NC(=NC)NCCCN(C)CCOC. The van der Waals surface area contributed by atoms with Crippen LogP contribution in [0, 0.1) is 0 Å². The van der Waals surface area contributed by atoms with Crippen LogP contribution in [0.1, 0.15) is 40.0 Å². The van der Waals surface area contributed by atoms with Gasteiger partial charge in [0, 0.05) is 33.3 Å². The van der Waals surface area contributed by atoms with E-state index >= 15 is 0 Å². The molecule has 1 unspecified atom stereocenters. The van der Waals surface area contributed by atoms with Crippen LogP contribution in [0.2, 0.25) is 0 Å². The van der Waals surface area contributed by atoms with Crippen LogP contribution in [-0.4, -0.2) is 88.9 Å². The van der Waals surface area contributed by atoms with Gasteiger partial charge in [-0.15, -0.1) is 0 Å². The third-order valence-corrected chi connectivity index (χ3v) is 4.30. The Labute approximate surface area is 150 Å². The highest BCUT2D eigenvalue weighted by atomic mass is 16.5. The van der Waals surface area contributed by atoms with Crippen LogP contribution in [0.3, 0.4) is 0 Å². The Kier molecular flexibility index (Phi) is 15.1. The lowest BCUT2D eigenvalue weighted by Gasteiger charge is -2.21. The lowest BCUT2D eigenvalue weighted by molar-refractivity contribution is 0.161. The van der Waals surface area contributed by atoms with Crippen LogP contribution in [0.15, 0.2) is 4.99 Å². The molecule has 144 valence electrons. The molecule has 0 bridgehead atoms. The van der Waals surface area contributed by atoms with Crippen molar-refractivity contribution in [2.24, 2.45) is 4.99 Å². The second kappa shape index (κ2) is 15.7. The first-order valence-corrected chi connectivity index (χ1v) is 9.44. The predicted molar refractivity (Wildman–Crippen MR) is 105 cm³/mol. The molecule has 24 heavy (non-hydrogen) atoms. The van der Waals surface area contributed by atoms with Gasteiger partial charge in [0.05, 0.1) is 6.61 Å². The van der Waals surface area contributed by atoms with Crippen molar-refractivity contribution in [2.45, 2.75) is 46.1 Å². The summed E-state index contributed by atoms with van der Waals surface area (Å²) >= 11 is 0. The third-order valence-electron chi connectivity index (χ3n) is 4.30. The average Bonchev–Trinajstić information content (AvgIpc) is 2.59. The molecule has 0 radical (unpaired) electrons. The Morgan fingerprint density at radius 1 is 1.12 bits per heavy atom. The lowest BCUT2D eigenvalue weighted by Crippen LogP contribution is -2.43. The zero-order valence-electron chi connectivity index (χ0n) is 16.9. The Hall–Kier alpha value is -0.850. The van der Waals surface area contributed by atoms with Crippen LogP contribution in [-0.2, 0) is 4.74 Å². The number of ether oxygens (including phenoxy) is 1. The second-order valence-electron chi connectivity index (χ2n) is 6.36. The van der Waals surface area contributed by atoms with Crippen molar-refractivity contribution in [2.75, 3.05) is 67.1 Å². The van der Waals surface area contributed by atoms with Gasteiger partial charge in [-0.25, -0.2) is 0 Å². The maximum Gasteiger partial charge on any atom is 0.191 e. The van der Waals surface area contributed by atoms with Gasteiger partial charge < -0.3 is 25.2 Å². The van der Waals surface area contributed by atoms with Crippen molar-refractivity contribution >= 4 is 5.96 Å². The molecule has 6 nitrogen and oxygen atoms in total. The van der Waals surface area contributed by atoms with E-state index in [-0.39, 0.29) is 0 Å². The first-order valence-electron chi connectivity index (χ1n) is 9.44. The molecular formula is C18H41N5O. The number of nitrogens with zero attached hydrogens (tertiary/aromatic N) is 3. The molecule has 0 fully saturated rings. The average molecular weight is 344 g/mol. The maximum absolute atomic E-state index is 5.09. The first kappa shape index (κ1) is 23.1. The summed E-state index contributed by atoms with van der Waals surface area (Å²) in [6, 6.07) is 0.441. The quantitative estimate of drug-likeness (QED) is 0.285. The van der Waals surface area contributed by atoms with Crippen LogP contribution >= 0.6 is 0 Å². The van der Waals surface area contributed by atoms with E-state index in [1.807, 2.05) is 7.05 Å². The second-order valence-corrected chi connectivity index (χ2v) is 6.36. The minimum atomic E-state index is 0.441. The molecule has 0 aromatic rings. The zero-order valence-corrected chi connectivity index (χ0v) is 16.9. The molecule has 0 saturated heterocycles. The molecule has 2 N–H and O–H groups in total. The van der Waals surface area contributed by atoms with Gasteiger partial charge in [-0.3, -0.25) is 4.99 Å². The first-order chi connectivity index (χ1) is 11.6. The fourth-order valence-corrected chi connectivity index (χ4v) is 2.58. The monoisotopic (exact) mass is 343 g/mol. The molecule has 0 spiro atoms. The predicted octanol–water partition coefficient (Wildman–Crippen LogP) is 1.63. The van der Waals surface area contributed by atoms with Crippen molar-refractivity contribution in [3.63, 3.8) is 0 Å². The summed E-state index contributed by atoms with van der Waals surface area (Å²) < 4.78 is 5.09. The van der Waals surface area contributed by atoms with Crippen molar-refractivity contribution in [1.29, 1.82) is 0 Å². The molecule has 0 aliphatic carbocycles. The van der Waals surface area contributed by atoms with E-state index in [2.05, 4.69) is 53.2 Å². The number of rotatable bonds is 14. The zero-order chi connectivity index (χ0) is 18.2. The van der Waals surface area contributed by atoms with Crippen LogP contribution in [0.25, 0.3) is 0 Å². The van der Waals surface area contributed by atoms with E-state index in [1.54, 1.807) is 7.11 Å². The summed E-state index contributed by atoms with van der Waals surface area (Å²) in [4.78, 5) is 9.08. The van der Waals surface area contributed by atoms with Gasteiger partial charge >= 0.3 is 0 Å². The van der Waals surface area contributed by atoms with Crippen LogP contribution < -0.4 is 10.6 Å². The highest BCUT2D eigenvalue weighted by Gasteiger charge is 2.06. The van der Waals surface area contributed by atoms with Crippen LogP contribution in [0.5, 0.6) is 0 Å². The fraction of sp³-hybridized carbons (Fsp3) is 0.944. The molecule has 0 aromatic carbocycles. The number of methoxy groups -OCH3 is 1. The van der Waals surface area contributed by atoms with Crippen molar-refractivity contribution in [3.8, 4) is 0 Å². The summed E-state index contributed by atoms with van der Waals surface area (Å²) in [5.41, 5.74) is 0. The van der Waals surface area contributed by atoms with Crippen molar-refractivity contribution in [3.05, 3.63) is 0 Å². The molecule has 0 saturated carbocycles. The van der Waals surface area contributed by atoms with E-state index in [1.165, 1.54) is 13.0 Å². The number of nitrogens with one attached hydrogen (secondary N) is 2. The Morgan fingerprint density at radius 3 is 2.42 bits per heavy atom. The molecule has 0 heterocycles. The van der Waals surface area contributed by atoms with E-state index in [4.69, 9.17) is 4.74 Å². The molecule has 0 aromatic heterocycles. The maximum atomic E-state index is 5.09. The molecule has 0 aliphatic rings. The Bertz CT molecular complexity index is 308. The van der Waals surface area contributed by atoms with E-state index in [0.717, 1.165) is 58.1 Å². The van der Waals surface area contributed by atoms with E-state index in [0.29, 0.717) is 6.04 Å². The summed E-state index contributed by atoms with van der Waals surface area (Å²) in [5, 5.41) is 6.89. The number of hydrogen-bond donors (Lipinski definition) is 2. The van der Waals surface area contributed by atoms with Crippen molar-refractivity contribution < 1.29 is 4.74 Å². The number of guanidine groups is 1. The summed E-state index contributed by atoms with van der Waals surface area (Å²) in [6.45, 7) is 13.9. The summed E-state index contributed by atoms with van der Waals surface area (Å²) in [6.07, 6.45) is 3.48. The Balaban J connectivity index is 3.82. The molecule has 0 aliphatic heterocycles. The lowest BCUT2D eigenvalue weighted by atomic mass is 10.2. The molecule has 0 rings (SSSR count). The number of hydrogen-bond acceptors (Lipinski definition) is 4. The minimum absolute atomic E-state index is 0.441. The van der Waals surface area contributed by atoms with E-state index in [9.17, 15) is 0 Å². The largest absolute Gasteiger partial charge is 0.383 e. The van der Waals surface area contributed by atoms with Gasteiger partial charge in [0.15, 0.2) is 5.96 Å². The minimum Gasteiger partial charge on any atom is -0.383 e. The van der Waals surface area contributed by atoms with Gasteiger partial charge in [-0.1, -0.05) is 13.8 Å². The molecular weight excluding hydrogens is 302 g/mol. The highest BCUT2D eigenvalue weighted by molar-refractivity contribution is 5.79. The highest BCUT2D eigenvalue weighted by Crippen LogP contribution is 1.99. The molecule has 6 heteroatoms. The number of aliphatic imine (C=N–C) groups is 1. The fourth-order valence-electron chi connectivity index (χ4n) is 2.58. The van der Waals surface area contributed by atoms with Gasteiger partial charge in [0.1, 0.15) is 0 Å². The Morgan fingerprint density at radius 2 is 1.83 bits per heavy atom. The topological polar surface area (TPSA) is 52.1 Å². The van der Waals surface area contributed by atoms with Crippen molar-refractivity contribution in [1.82, 2.24) is 20.4 Å². The van der Waals surface area contributed by atoms with Crippen LogP contribution in [0.4, 0.5) is 0 Å². The van der Waals surface area contributed by atoms with Gasteiger partial charge in [-0.05, 0) is 59.4 Å². The number of likely N-dealkylation sites (N-methyl/N-ethyl adjacent to an activating group) is 1. The van der Waals surface area contributed by atoms with Gasteiger partial charge in [0.25, 0.3) is 0 Å². The summed E-state index contributed by atoms with van der Waals surface area (Å²) in [5.74, 6) is 0.907. The summed E-state index contributed by atoms with van der Waals surface area (Å²) in [7, 11) is 5.71. The molecule has 1 atom stereocenters. The van der Waals surface area contributed by atoms with Gasteiger partial charge in [-0.2, -0.15) is 0 Å². The van der Waals surface area contributed by atoms with Gasteiger partial charge in [0.2, 0.25) is 0 Å². The van der Waals surface area contributed by atoms with E-state index < -0.39 is 0 Å². The third kappa shape index (κ3) is 12.6.